The zero-order valence-corrected chi connectivity index (χ0v) is 19.0. The van der Waals surface area contributed by atoms with Crippen LogP contribution in [-0.2, 0) is 0 Å². The van der Waals surface area contributed by atoms with Gasteiger partial charge in [-0.05, 0) is 48.5 Å². The molecule has 6 heteroatoms. The molecular weight excluding hydrogens is 451 g/mol. The van der Waals surface area contributed by atoms with Gasteiger partial charge in [-0.15, -0.1) is 5.10 Å². The van der Waals surface area contributed by atoms with Crippen LogP contribution in [0.4, 0.5) is 4.39 Å². The lowest BCUT2D eigenvalue weighted by atomic mass is 10.0. The summed E-state index contributed by atoms with van der Waals surface area (Å²) in [7, 11) is 0. The van der Waals surface area contributed by atoms with Gasteiger partial charge in [-0.3, -0.25) is 0 Å². The van der Waals surface area contributed by atoms with E-state index in [1.807, 2.05) is 54.6 Å². The molecule has 5 nitrogen and oxygen atoms in total. The number of hydrogen-bond donors (Lipinski definition) is 1. The number of rotatable bonds is 3. The van der Waals surface area contributed by atoms with Gasteiger partial charge in [0.05, 0.1) is 11.0 Å². The summed E-state index contributed by atoms with van der Waals surface area (Å²) in [6.07, 6.45) is 1.80. The maximum absolute atomic E-state index is 15.5. The van der Waals surface area contributed by atoms with E-state index >= 15 is 4.39 Å². The lowest BCUT2D eigenvalue weighted by molar-refractivity contribution is 0.476. The van der Waals surface area contributed by atoms with E-state index in [2.05, 4.69) is 38.9 Å². The van der Waals surface area contributed by atoms with Gasteiger partial charge in [0, 0.05) is 39.3 Å². The van der Waals surface area contributed by atoms with Crippen LogP contribution in [0.1, 0.15) is 0 Å². The van der Waals surface area contributed by atoms with Gasteiger partial charge in [-0.25, -0.2) is 13.9 Å². The maximum atomic E-state index is 15.5. The van der Waals surface area contributed by atoms with Crippen molar-refractivity contribution in [3.63, 3.8) is 0 Å². The number of nitrogens with zero attached hydrogens (tertiary/aromatic N) is 4. The number of fused-ring (bicyclic) bond motifs is 4. The Hall–Kier alpha value is -4.97. The summed E-state index contributed by atoms with van der Waals surface area (Å²) < 4.78 is 19.3. The quantitative estimate of drug-likeness (QED) is 0.302. The molecular formula is C30H19FN4O. The standard InChI is InChI=1S/C30H19FN4O/c31-25-17-19(30-32-29-11-5-6-16-34(29)33-30)12-14-21(25)24-18-20(13-15-28(24)36)35-26-9-3-1-7-22(26)23-8-2-4-10-27(23)35/h1-18,36H. The van der Waals surface area contributed by atoms with Gasteiger partial charge < -0.3 is 9.67 Å². The van der Waals surface area contributed by atoms with Crippen molar-refractivity contribution < 1.29 is 9.50 Å². The van der Waals surface area contributed by atoms with E-state index in [0.717, 1.165) is 27.5 Å². The Kier molecular flexibility index (Phi) is 4.41. The van der Waals surface area contributed by atoms with Gasteiger partial charge in [0.15, 0.2) is 11.5 Å². The summed E-state index contributed by atoms with van der Waals surface area (Å²) in [6, 6.07) is 32.1. The minimum Gasteiger partial charge on any atom is -0.507 e. The van der Waals surface area contributed by atoms with E-state index in [9.17, 15) is 5.11 Å². The van der Waals surface area contributed by atoms with Crippen LogP contribution in [0.25, 0.3) is 55.7 Å². The zero-order chi connectivity index (χ0) is 24.2. The van der Waals surface area contributed by atoms with Crippen LogP contribution in [0, 0.1) is 5.82 Å². The average molecular weight is 471 g/mol. The normalized spacial score (nSPS) is 11.6. The molecule has 1 N–H and O–H groups in total. The predicted octanol–water partition coefficient (Wildman–Crippen LogP) is 7.01. The molecule has 4 aromatic carbocycles. The number of para-hydroxylation sites is 2. The van der Waals surface area contributed by atoms with Crippen LogP contribution in [0.2, 0.25) is 0 Å². The van der Waals surface area contributed by atoms with Gasteiger partial charge in [0.1, 0.15) is 11.6 Å². The first-order valence-corrected chi connectivity index (χ1v) is 11.6. The average Bonchev–Trinajstić information content (AvgIpc) is 3.49. The molecule has 0 spiro atoms. The SMILES string of the molecule is Oc1ccc(-n2c3ccccc3c3ccccc32)cc1-c1ccc(-c2nc3ccccn3n2)cc1F. The Bertz CT molecular complexity index is 1850. The second-order valence-corrected chi connectivity index (χ2v) is 8.70. The van der Waals surface area contributed by atoms with Gasteiger partial charge in [-0.2, -0.15) is 0 Å². The van der Waals surface area contributed by atoms with Crippen molar-refractivity contribution in [2.75, 3.05) is 0 Å². The largest absolute Gasteiger partial charge is 0.507 e. The zero-order valence-electron chi connectivity index (χ0n) is 19.0. The van der Waals surface area contributed by atoms with Gasteiger partial charge in [0.2, 0.25) is 0 Å². The highest BCUT2D eigenvalue weighted by Crippen LogP contribution is 2.37. The molecule has 0 saturated carbocycles. The van der Waals surface area contributed by atoms with Crippen LogP contribution >= 0.6 is 0 Å². The molecule has 0 unspecified atom stereocenters. The first kappa shape index (κ1) is 20.4. The molecule has 3 aromatic heterocycles. The molecule has 7 aromatic rings. The highest BCUT2D eigenvalue weighted by atomic mass is 19.1. The molecule has 0 fully saturated rings. The van der Waals surface area contributed by atoms with Crippen molar-refractivity contribution in [2.24, 2.45) is 0 Å². The summed E-state index contributed by atoms with van der Waals surface area (Å²) in [4.78, 5) is 4.48. The lowest BCUT2D eigenvalue weighted by Gasteiger charge is -2.12. The summed E-state index contributed by atoms with van der Waals surface area (Å²) in [5, 5.41) is 17.4. The Morgan fingerprint density at radius 1 is 0.694 bits per heavy atom. The van der Waals surface area contributed by atoms with Crippen molar-refractivity contribution in [1.29, 1.82) is 0 Å². The van der Waals surface area contributed by atoms with E-state index in [-0.39, 0.29) is 5.75 Å². The maximum Gasteiger partial charge on any atom is 0.182 e. The summed E-state index contributed by atoms with van der Waals surface area (Å²) in [6.45, 7) is 0. The molecule has 7 rings (SSSR count). The molecule has 0 aliphatic heterocycles. The molecule has 36 heavy (non-hydrogen) atoms. The summed E-state index contributed by atoms with van der Waals surface area (Å²) in [5.41, 5.74) is 4.91. The van der Waals surface area contributed by atoms with Crippen molar-refractivity contribution in [3.8, 4) is 34.0 Å². The lowest BCUT2D eigenvalue weighted by Crippen LogP contribution is -1.95. The van der Waals surface area contributed by atoms with Crippen LogP contribution in [0.15, 0.2) is 109 Å². The highest BCUT2D eigenvalue weighted by Gasteiger charge is 2.17. The highest BCUT2D eigenvalue weighted by molar-refractivity contribution is 6.09. The number of aromatic hydroxyl groups is 1. The second-order valence-electron chi connectivity index (χ2n) is 8.70. The number of phenolic OH excluding ortho intramolecular Hbond substituents is 1. The smallest absolute Gasteiger partial charge is 0.182 e. The third-order valence-corrected chi connectivity index (χ3v) is 6.58. The van der Waals surface area contributed by atoms with Crippen molar-refractivity contribution in [2.45, 2.75) is 0 Å². The predicted molar refractivity (Wildman–Crippen MR) is 140 cm³/mol. The number of hydrogen-bond acceptors (Lipinski definition) is 3. The third kappa shape index (κ3) is 3.08. The van der Waals surface area contributed by atoms with E-state index in [4.69, 9.17) is 0 Å². The van der Waals surface area contributed by atoms with E-state index in [1.165, 1.54) is 6.07 Å². The number of benzene rings is 4. The Morgan fingerprint density at radius 2 is 1.42 bits per heavy atom. The number of aromatic nitrogens is 4. The molecule has 0 amide bonds. The summed E-state index contributed by atoms with van der Waals surface area (Å²) >= 11 is 0. The van der Waals surface area contributed by atoms with Gasteiger partial charge in [0.25, 0.3) is 0 Å². The molecule has 0 radical (unpaired) electrons. The number of pyridine rings is 1. The molecule has 3 heterocycles. The van der Waals surface area contributed by atoms with Crippen LogP contribution in [0.5, 0.6) is 5.75 Å². The van der Waals surface area contributed by atoms with Gasteiger partial charge >= 0.3 is 0 Å². The molecule has 0 atom stereocenters. The fourth-order valence-corrected chi connectivity index (χ4v) is 4.91. The monoisotopic (exact) mass is 470 g/mol. The fraction of sp³-hybridized carbons (Fsp3) is 0. The van der Waals surface area contributed by atoms with Crippen LogP contribution in [0.3, 0.4) is 0 Å². The minimum atomic E-state index is -0.457. The Labute approximate surface area is 205 Å². The van der Waals surface area contributed by atoms with Gasteiger partial charge in [-0.1, -0.05) is 54.6 Å². The molecule has 172 valence electrons. The van der Waals surface area contributed by atoms with Crippen LogP contribution in [-0.4, -0.2) is 24.3 Å². The van der Waals surface area contributed by atoms with Crippen molar-refractivity contribution >= 4 is 27.5 Å². The van der Waals surface area contributed by atoms with Crippen molar-refractivity contribution in [1.82, 2.24) is 19.2 Å². The van der Waals surface area contributed by atoms with Crippen LogP contribution < -0.4 is 0 Å². The molecule has 0 bridgehead atoms. The molecule has 0 aliphatic rings. The topological polar surface area (TPSA) is 55.3 Å². The van der Waals surface area contributed by atoms with E-state index < -0.39 is 5.82 Å². The summed E-state index contributed by atoms with van der Waals surface area (Å²) in [5.74, 6) is -0.00652. The van der Waals surface area contributed by atoms with Crippen molar-refractivity contribution in [3.05, 3.63) is 115 Å². The third-order valence-electron chi connectivity index (χ3n) is 6.58. The molecule has 0 saturated heterocycles. The first-order valence-electron chi connectivity index (χ1n) is 11.6. The Balaban J connectivity index is 1.37. The Morgan fingerprint density at radius 3 is 2.14 bits per heavy atom. The fourth-order valence-electron chi connectivity index (χ4n) is 4.91. The molecule has 0 aliphatic carbocycles. The minimum absolute atomic E-state index is 0.0111. The van der Waals surface area contributed by atoms with E-state index in [1.54, 1.807) is 28.9 Å². The van der Waals surface area contributed by atoms with E-state index in [0.29, 0.717) is 28.2 Å². The number of phenols is 1. The number of halogens is 1. The second kappa shape index (κ2) is 7.78. The first-order chi connectivity index (χ1) is 17.7.